The molecule has 0 radical (unpaired) electrons. The van der Waals surface area contributed by atoms with Crippen LogP contribution >= 0.6 is 11.6 Å². The molecule has 20 heavy (non-hydrogen) atoms. The number of carbonyl (C=O) groups excluding carboxylic acids is 1. The molecule has 1 heterocycles. The van der Waals surface area contributed by atoms with Gasteiger partial charge in [0.15, 0.2) is 5.78 Å². The van der Waals surface area contributed by atoms with E-state index in [0.717, 1.165) is 44.2 Å². The second kappa shape index (κ2) is 5.70. The number of pyridine rings is 1. The van der Waals surface area contributed by atoms with Gasteiger partial charge in [-0.3, -0.25) is 4.79 Å². The summed E-state index contributed by atoms with van der Waals surface area (Å²) in [7, 11) is 0. The number of carbonyl (C=O) groups is 1. The fourth-order valence-corrected chi connectivity index (χ4v) is 2.98. The number of hydrogen-bond acceptors (Lipinski definition) is 4. The molecule has 4 nitrogen and oxygen atoms in total. The summed E-state index contributed by atoms with van der Waals surface area (Å²) < 4.78 is 0. The molecule has 2 atom stereocenters. The Hall–Kier alpha value is -1.13. The van der Waals surface area contributed by atoms with E-state index in [1.165, 1.54) is 0 Å². The zero-order chi connectivity index (χ0) is 14.1. The molecule has 0 aromatic carbocycles. The third-order valence-electron chi connectivity index (χ3n) is 4.09. The first-order valence-corrected chi connectivity index (χ1v) is 7.65. The third-order valence-corrected chi connectivity index (χ3v) is 4.30. The standard InChI is InChI=1S/C15H19ClN2O2/c16-14-7-13(18-10-2-1-3-11(19)6-10)12(8-17-14)15(20)9-4-5-9/h7-11,19H,1-6H2,(H,17,18)/t10-,11-/m0/s1. The molecule has 108 valence electrons. The second-order valence-corrected chi connectivity index (χ2v) is 6.24. The van der Waals surface area contributed by atoms with Gasteiger partial charge in [0, 0.05) is 23.8 Å². The van der Waals surface area contributed by atoms with E-state index in [4.69, 9.17) is 11.6 Å². The first kappa shape index (κ1) is 13.8. The van der Waals surface area contributed by atoms with Crippen LogP contribution in [0.1, 0.15) is 48.9 Å². The molecule has 0 saturated heterocycles. The fourth-order valence-electron chi connectivity index (χ4n) is 2.83. The number of Topliss-reactive ketones (excluding diaryl/α,β-unsaturated/α-hetero) is 1. The highest BCUT2D eigenvalue weighted by atomic mass is 35.5. The zero-order valence-electron chi connectivity index (χ0n) is 11.3. The molecule has 2 fully saturated rings. The SMILES string of the molecule is O=C(c1cnc(Cl)cc1N[C@H]1CCC[C@H](O)C1)C1CC1. The quantitative estimate of drug-likeness (QED) is 0.662. The molecule has 5 heteroatoms. The molecule has 2 saturated carbocycles. The van der Waals surface area contributed by atoms with Crippen LogP contribution in [0.2, 0.25) is 5.15 Å². The van der Waals surface area contributed by atoms with E-state index in [0.29, 0.717) is 10.7 Å². The van der Waals surface area contributed by atoms with E-state index in [-0.39, 0.29) is 23.8 Å². The van der Waals surface area contributed by atoms with Crippen molar-refractivity contribution in [2.75, 3.05) is 5.32 Å². The summed E-state index contributed by atoms with van der Waals surface area (Å²) >= 11 is 5.95. The number of hydrogen-bond donors (Lipinski definition) is 2. The number of aromatic nitrogens is 1. The fraction of sp³-hybridized carbons (Fsp3) is 0.600. The van der Waals surface area contributed by atoms with Crippen LogP contribution in [0.15, 0.2) is 12.3 Å². The maximum atomic E-state index is 12.3. The Kier molecular flexibility index (Phi) is 3.94. The van der Waals surface area contributed by atoms with Gasteiger partial charge in [0.2, 0.25) is 0 Å². The van der Waals surface area contributed by atoms with Crippen molar-refractivity contribution in [2.45, 2.75) is 50.7 Å². The Balaban J connectivity index is 1.79. The van der Waals surface area contributed by atoms with E-state index in [1.54, 1.807) is 12.3 Å². The maximum absolute atomic E-state index is 12.3. The minimum Gasteiger partial charge on any atom is -0.393 e. The lowest BCUT2D eigenvalue weighted by atomic mass is 9.92. The van der Waals surface area contributed by atoms with Crippen molar-refractivity contribution < 1.29 is 9.90 Å². The smallest absolute Gasteiger partial charge is 0.169 e. The van der Waals surface area contributed by atoms with Gasteiger partial charge >= 0.3 is 0 Å². The predicted molar refractivity (Wildman–Crippen MR) is 78.2 cm³/mol. The van der Waals surface area contributed by atoms with Crippen molar-refractivity contribution in [2.24, 2.45) is 5.92 Å². The summed E-state index contributed by atoms with van der Waals surface area (Å²) in [6, 6.07) is 1.92. The van der Waals surface area contributed by atoms with Gasteiger partial charge in [0.25, 0.3) is 0 Å². The van der Waals surface area contributed by atoms with Crippen LogP contribution in [0.25, 0.3) is 0 Å². The Labute approximate surface area is 123 Å². The number of aliphatic hydroxyl groups is 1. The van der Waals surface area contributed by atoms with Crippen LogP contribution in [-0.2, 0) is 0 Å². The van der Waals surface area contributed by atoms with Crippen molar-refractivity contribution in [1.82, 2.24) is 4.98 Å². The number of aliphatic hydroxyl groups excluding tert-OH is 1. The topological polar surface area (TPSA) is 62.2 Å². The molecule has 0 aliphatic heterocycles. The van der Waals surface area contributed by atoms with Crippen LogP contribution in [0.4, 0.5) is 5.69 Å². The van der Waals surface area contributed by atoms with Crippen molar-refractivity contribution in [3.8, 4) is 0 Å². The summed E-state index contributed by atoms with van der Waals surface area (Å²) in [5, 5.41) is 13.5. The van der Waals surface area contributed by atoms with Crippen molar-refractivity contribution in [1.29, 1.82) is 0 Å². The molecule has 1 aromatic rings. The lowest BCUT2D eigenvalue weighted by Gasteiger charge is -2.28. The number of nitrogens with one attached hydrogen (secondary N) is 1. The molecular formula is C15H19ClN2O2. The molecular weight excluding hydrogens is 276 g/mol. The predicted octanol–water partition coefficient (Wildman–Crippen LogP) is 3.04. The molecule has 0 bridgehead atoms. The minimum absolute atomic E-state index is 0.160. The largest absolute Gasteiger partial charge is 0.393 e. The van der Waals surface area contributed by atoms with Crippen molar-refractivity contribution in [3.05, 3.63) is 23.0 Å². The molecule has 0 spiro atoms. The Bertz CT molecular complexity index is 517. The lowest BCUT2D eigenvalue weighted by molar-refractivity contribution is 0.0968. The number of rotatable bonds is 4. The molecule has 2 N–H and O–H groups in total. The highest BCUT2D eigenvalue weighted by Gasteiger charge is 2.32. The summed E-state index contributed by atoms with van der Waals surface area (Å²) in [5.74, 6) is 0.323. The van der Waals surface area contributed by atoms with E-state index < -0.39 is 0 Å². The molecule has 3 rings (SSSR count). The second-order valence-electron chi connectivity index (χ2n) is 5.85. The summed E-state index contributed by atoms with van der Waals surface area (Å²) in [5.41, 5.74) is 1.40. The van der Waals surface area contributed by atoms with Gasteiger partial charge < -0.3 is 10.4 Å². The first-order chi connectivity index (χ1) is 9.63. The molecule has 0 unspecified atom stereocenters. The Morgan fingerprint density at radius 3 is 2.85 bits per heavy atom. The van der Waals surface area contributed by atoms with Gasteiger partial charge in [-0.25, -0.2) is 4.98 Å². The van der Waals surface area contributed by atoms with Crippen LogP contribution in [0, 0.1) is 5.92 Å². The van der Waals surface area contributed by atoms with Crippen molar-refractivity contribution >= 4 is 23.1 Å². The normalized spacial score (nSPS) is 26.3. The van der Waals surface area contributed by atoms with E-state index in [2.05, 4.69) is 10.3 Å². The number of anilines is 1. The molecule has 2 aliphatic rings. The van der Waals surface area contributed by atoms with Crippen LogP contribution < -0.4 is 5.32 Å². The van der Waals surface area contributed by atoms with Gasteiger partial charge in [-0.15, -0.1) is 0 Å². The van der Waals surface area contributed by atoms with Crippen LogP contribution in [0.3, 0.4) is 0 Å². The highest BCUT2D eigenvalue weighted by molar-refractivity contribution is 6.29. The monoisotopic (exact) mass is 294 g/mol. The third kappa shape index (κ3) is 3.13. The van der Waals surface area contributed by atoms with Gasteiger partial charge in [-0.1, -0.05) is 11.6 Å². The number of halogens is 1. The van der Waals surface area contributed by atoms with Crippen molar-refractivity contribution in [3.63, 3.8) is 0 Å². The average Bonchev–Trinajstić information content (AvgIpc) is 3.22. The van der Waals surface area contributed by atoms with Gasteiger partial charge in [0.1, 0.15) is 5.15 Å². The molecule has 0 amide bonds. The summed E-state index contributed by atoms with van der Waals surface area (Å²) in [4.78, 5) is 16.3. The zero-order valence-corrected chi connectivity index (χ0v) is 12.1. The Morgan fingerprint density at radius 1 is 1.35 bits per heavy atom. The van der Waals surface area contributed by atoms with E-state index in [1.807, 2.05) is 0 Å². The van der Waals surface area contributed by atoms with E-state index >= 15 is 0 Å². The van der Waals surface area contributed by atoms with Crippen LogP contribution in [0.5, 0.6) is 0 Å². The molecule has 1 aromatic heterocycles. The average molecular weight is 295 g/mol. The van der Waals surface area contributed by atoms with Gasteiger partial charge in [-0.2, -0.15) is 0 Å². The maximum Gasteiger partial charge on any atom is 0.169 e. The van der Waals surface area contributed by atoms with Crippen LogP contribution in [-0.4, -0.2) is 28.0 Å². The minimum atomic E-state index is -0.249. The summed E-state index contributed by atoms with van der Waals surface area (Å²) in [6.07, 6.45) is 6.87. The van der Waals surface area contributed by atoms with E-state index in [9.17, 15) is 9.90 Å². The number of ketones is 1. The Morgan fingerprint density at radius 2 is 2.15 bits per heavy atom. The molecule has 2 aliphatic carbocycles. The van der Waals surface area contributed by atoms with Gasteiger partial charge in [0.05, 0.1) is 11.7 Å². The first-order valence-electron chi connectivity index (χ1n) is 7.28. The summed E-state index contributed by atoms with van der Waals surface area (Å²) in [6.45, 7) is 0. The van der Waals surface area contributed by atoms with Gasteiger partial charge in [-0.05, 0) is 44.6 Å². The lowest BCUT2D eigenvalue weighted by Crippen LogP contribution is -2.30. The number of nitrogens with zero attached hydrogens (tertiary/aromatic N) is 1. The highest BCUT2D eigenvalue weighted by Crippen LogP contribution is 2.35.